The van der Waals surface area contributed by atoms with Crippen molar-refractivity contribution in [2.24, 2.45) is 0 Å². The van der Waals surface area contributed by atoms with Crippen molar-refractivity contribution in [3.8, 4) is 0 Å². The highest BCUT2D eigenvalue weighted by Gasteiger charge is 2.46. The SMILES string of the molecule is CCN(CC)CCN1C(=O)C(=O)C(=C(O)c2ccc(C)cc2)[C@H]1c1ccc([N+](=O)[O-])cc1. The van der Waals surface area contributed by atoms with Crippen LogP contribution in [0.25, 0.3) is 5.76 Å². The number of Topliss-reactive ketones (excluding diaryl/α,β-unsaturated/α-hetero) is 1. The van der Waals surface area contributed by atoms with E-state index in [1.54, 1.807) is 12.1 Å². The number of nitro groups is 1. The number of hydrogen-bond acceptors (Lipinski definition) is 6. The number of likely N-dealkylation sites (tertiary alicyclic amines) is 1. The van der Waals surface area contributed by atoms with Crippen molar-refractivity contribution < 1.29 is 19.6 Å². The molecule has 2 aromatic carbocycles. The van der Waals surface area contributed by atoms with Crippen LogP contribution in [-0.2, 0) is 9.59 Å². The van der Waals surface area contributed by atoms with Crippen LogP contribution in [0, 0.1) is 17.0 Å². The number of aryl methyl sites for hydroxylation is 1. The molecule has 2 aromatic rings. The molecule has 8 heteroatoms. The number of amides is 1. The minimum absolute atomic E-state index is 0.00717. The Bertz CT molecular complexity index is 1040. The second kappa shape index (κ2) is 9.74. The highest BCUT2D eigenvalue weighted by atomic mass is 16.6. The van der Waals surface area contributed by atoms with Crippen LogP contribution in [-0.4, -0.2) is 57.7 Å². The predicted molar refractivity (Wildman–Crippen MR) is 121 cm³/mol. The smallest absolute Gasteiger partial charge is 0.295 e. The summed E-state index contributed by atoms with van der Waals surface area (Å²) in [6.07, 6.45) is 0. The molecule has 0 spiro atoms. The molecule has 1 atom stereocenters. The quantitative estimate of drug-likeness (QED) is 0.222. The van der Waals surface area contributed by atoms with Crippen LogP contribution in [0.4, 0.5) is 5.69 Å². The predicted octanol–water partition coefficient (Wildman–Crippen LogP) is 3.67. The van der Waals surface area contributed by atoms with Crippen LogP contribution in [0.1, 0.15) is 36.6 Å². The second-order valence-corrected chi connectivity index (χ2v) is 7.73. The molecule has 1 saturated heterocycles. The van der Waals surface area contributed by atoms with Gasteiger partial charge in [-0.2, -0.15) is 0 Å². The summed E-state index contributed by atoms with van der Waals surface area (Å²) in [5.74, 6) is -1.70. The molecule has 1 heterocycles. The lowest BCUT2D eigenvalue weighted by Gasteiger charge is -2.28. The van der Waals surface area contributed by atoms with E-state index in [1.807, 2.05) is 32.9 Å². The van der Waals surface area contributed by atoms with Gasteiger partial charge in [0.25, 0.3) is 17.4 Å². The van der Waals surface area contributed by atoms with E-state index in [0.717, 1.165) is 18.7 Å². The molecule has 32 heavy (non-hydrogen) atoms. The second-order valence-electron chi connectivity index (χ2n) is 7.73. The number of carbonyl (C=O) groups is 2. The normalized spacial score (nSPS) is 17.9. The molecule has 0 aromatic heterocycles. The lowest BCUT2D eigenvalue weighted by molar-refractivity contribution is -0.384. The van der Waals surface area contributed by atoms with Crippen LogP contribution in [0.3, 0.4) is 0 Å². The first-order chi connectivity index (χ1) is 15.3. The van der Waals surface area contributed by atoms with E-state index in [1.165, 1.54) is 29.2 Å². The Labute approximate surface area is 186 Å². The number of nitro benzene ring substituents is 1. The highest BCUT2D eigenvalue weighted by molar-refractivity contribution is 6.46. The summed E-state index contributed by atoms with van der Waals surface area (Å²) >= 11 is 0. The number of nitrogens with zero attached hydrogens (tertiary/aromatic N) is 3. The third-order valence-corrected chi connectivity index (χ3v) is 5.84. The van der Waals surface area contributed by atoms with Crippen LogP contribution < -0.4 is 0 Å². The van der Waals surface area contributed by atoms with E-state index in [2.05, 4.69) is 4.90 Å². The topological polar surface area (TPSA) is 104 Å². The Morgan fingerprint density at radius 3 is 2.19 bits per heavy atom. The van der Waals surface area contributed by atoms with Crippen molar-refractivity contribution in [1.82, 2.24) is 9.80 Å². The zero-order chi connectivity index (χ0) is 23.4. The molecule has 1 N–H and O–H groups in total. The van der Waals surface area contributed by atoms with Gasteiger partial charge >= 0.3 is 0 Å². The molecule has 0 unspecified atom stereocenters. The summed E-state index contributed by atoms with van der Waals surface area (Å²) < 4.78 is 0. The minimum Gasteiger partial charge on any atom is -0.507 e. The van der Waals surface area contributed by atoms with Gasteiger partial charge in [0.15, 0.2) is 0 Å². The molecule has 1 aliphatic rings. The van der Waals surface area contributed by atoms with Crippen LogP contribution in [0.5, 0.6) is 0 Å². The number of non-ortho nitro benzene ring substituents is 1. The van der Waals surface area contributed by atoms with E-state index in [-0.39, 0.29) is 17.0 Å². The van der Waals surface area contributed by atoms with Gasteiger partial charge in [0.2, 0.25) is 0 Å². The first kappa shape index (κ1) is 23.1. The van der Waals surface area contributed by atoms with Crippen molar-refractivity contribution in [3.63, 3.8) is 0 Å². The Kier molecular flexibility index (Phi) is 7.05. The summed E-state index contributed by atoms with van der Waals surface area (Å²) in [5, 5.41) is 22.1. The summed E-state index contributed by atoms with van der Waals surface area (Å²) in [6, 6.07) is 11.9. The molecule has 1 aliphatic heterocycles. The van der Waals surface area contributed by atoms with Crippen molar-refractivity contribution in [3.05, 3.63) is 80.9 Å². The number of aliphatic hydroxyl groups excluding tert-OH is 1. The van der Waals surface area contributed by atoms with Gasteiger partial charge in [0, 0.05) is 30.8 Å². The molecule has 0 saturated carbocycles. The van der Waals surface area contributed by atoms with E-state index in [4.69, 9.17) is 0 Å². The number of rotatable bonds is 8. The standard InChI is InChI=1S/C24H27N3O5/c1-4-25(5-2)14-15-26-21(17-10-12-19(13-11-17)27(31)32)20(23(29)24(26)30)22(28)18-8-6-16(3)7-9-18/h6-13,21,28H,4-5,14-15H2,1-3H3/t21-/m1/s1. The van der Waals surface area contributed by atoms with Crippen LogP contribution in [0.15, 0.2) is 54.1 Å². The molecule has 1 amide bonds. The fraction of sp³-hybridized carbons (Fsp3) is 0.333. The third-order valence-electron chi connectivity index (χ3n) is 5.84. The maximum Gasteiger partial charge on any atom is 0.295 e. The summed E-state index contributed by atoms with van der Waals surface area (Å²) in [7, 11) is 0. The Morgan fingerprint density at radius 2 is 1.66 bits per heavy atom. The van der Waals surface area contributed by atoms with Crippen molar-refractivity contribution in [2.75, 3.05) is 26.2 Å². The minimum atomic E-state index is -0.826. The summed E-state index contributed by atoms with van der Waals surface area (Å²) in [5.41, 5.74) is 1.86. The average Bonchev–Trinajstić information content (AvgIpc) is 3.04. The average molecular weight is 437 g/mol. The first-order valence-corrected chi connectivity index (χ1v) is 10.6. The van der Waals surface area contributed by atoms with Crippen molar-refractivity contribution in [1.29, 1.82) is 0 Å². The van der Waals surface area contributed by atoms with Gasteiger partial charge in [0.1, 0.15) is 5.76 Å². The van der Waals surface area contributed by atoms with Gasteiger partial charge in [-0.1, -0.05) is 43.7 Å². The zero-order valence-corrected chi connectivity index (χ0v) is 18.4. The van der Waals surface area contributed by atoms with Gasteiger partial charge in [-0.25, -0.2) is 0 Å². The third kappa shape index (κ3) is 4.55. The molecule has 0 radical (unpaired) electrons. The monoisotopic (exact) mass is 437 g/mol. The Morgan fingerprint density at radius 1 is 1.06 bits per heavy atom. The van der Waals surface area contributed by atoms with Crippen LogP contribution >= 0.6 is 0 Å². The van der Waals surface area contributed by atoms with Crippen molar-refractivity contribution in [2.45, 2.75) is 26.8 Å². The largest absolute Gasteiger partial charge is 0.507 e. The maximum absolute atomic E-state index is 13.0. The Balaban J connectivity index is 2.10. The molecular weight excluding hydrogens is 410 g/mol. The van der Waals surface area contributed by atoms with Gasteiger partial charge in [-0.15, -0.1) is 0 Å². The number of benzene rings is 2. The van der Waals surface area contributed by atoms with Gasteiger partial charge < -0.3 is 14.9 Å². The summed E-state index contributed by atoms with van der Waals surface area (Å²) in [4.78, 5) is 40.1. The van der Waals surface area contributed by atoms with Crippen LogP contribution in [0.2, 0.25) is 0 Å². The maximum atomic E-state index is 13.0. The fourth-order valence-corrected chi connectivity index (χ4v) is 3.89. The summed E-state index contributed by atoms with van der Waals surface area (Å²) in [6.45, 7) is 8.39. The number of ketones is 1. The lowest BCUT2D eigenvalue weighted by atomic mass is 9.95. The van der Waals surface area contributed by atoms with Crippen molar-refractivity contribution >= 4 is 23.1 Å². The molecule has 3 rings (SSSR count). The zero-order valence-electron chi connectivity index (χ0n) is 18.4. The van der Waals surface area contributed by atoms with E-state index in [9.17, 15) is 24.8 Å². The molecule has 0 aliphatic carbocycles. The molecule has 0 bridgehead atoms. The Hall–Kier alpha value is -3.52. The highest BCUT2D eigenvalue weighted by Crippen LogP contribution is 2.39. The van der Waals surface area contributed by atoms with Gasteiger partial charge in [-0.3, -0.25) is 19.7 Å². The molecular formula is C24H27N3O5. The number of hydrogen-bond donors (Lipinski definition) is 1. The molecule has 1 fully saturated rings. The van der Waals surface area contributed by atoms with E-state index >= 15 is 0 Å². The number of aliphatic hydroxyl groups is 1. The lowest BCUT2D eigenvalue weighted by Crippen LogP contribution is -2.38. The van der Waals surface area contributed by atoms with E-state index < -0.39 is 22.7 Å². The molecule has 168 valence electrons. The molecule has 8 nitrogen and oxygen atoms in total. The number of carbonyl (C=O) groups excluding carboxylic acids is 2. The number of likely N-dealkylation sites (N-methyl/N-ethyl adjacent to an activating group) is 1. The van der Waals surface area contributed by atoms with Gasteiger partial charge in [0.05, 0.1) is 16.5 Å². The van der Waals surface area contributed by atoms with Gasteiger partial charge in [-0.05, 0) is 37.7 Å². The first-order valence-electron chi connectivity index (χ1n) is 10.6. The fourth-order valence-electron chi connectivity index (χ4n) is 3.89. The van der Waals surface area contributed by atoms with E-state index in [0.29, 0.717) is 24.2 Å².